The lowest BCUT2D eigenvalue weighted by Crippen LogP contribution is -2.16. The Kier molecular flexibility index (Phi) is 4.00. The van der Waals surface area contributed by atoms with Gasteiger partial charge >= 0.3 is 0 Å². The minimum Gasteiger partial charge on any atom is -0.264 e. The van der Waals surface area contributed by atoms with E-state index < -0.39 is 0 Å². The summed E-state index contributed by atoms with van der Waals surface area (Å²) in [6, 6.07) is 20.6. The maximum absolute atomic E-state index is 4.94. The molecule has 0 saturated heterocycles. The average Bonchev–Trinajstić information content (AvgIpc) is 2.67. The summed E-state index contributed by atoms with van der Waals surface area (Å²) in [5.41, 5.74) is 7.08. The van der Waals surface area contributed by atoms with Crippen molar-refractivity contribution in [3.63, 3.8) is 0 Å². The van der Waals surface area contributed by atoms with E-state index in [1.165, 1.54) is 0 Å². The van der Waals surface area contributed by atoms with Gasteiger partial charge in [0.2, 0.25) is 0 Å². The van der Waals surface area contributed by atoms with E-state index in [4.69, 9.17) is 9.97 Å². The molecule has 0 unspecified atom stereocenters. The van der Waals surface area contributed by atoms with E-state index in [0.29, 0.717) is 0 Å². The van der Waals surface area contributed by atoms with Gasteiger partial charge in [0.25, 0.3) is 0 Å². The maximum Gasteiger partial charge on any atom is 0.0930 e. The standard InChI is InChI=1S/C23H21N3/c1-23(2,3)22-21(25-19-8-4-5-9-20(19)26-22)17-12-10-16(11-13-17)18-7-6-14-24-15-18/h4-15H,1-3H3. The number of fused-ring (bicyclic) bond motifs is 1. The molecule has 3 heteroatoms. The summed E-state index contributed by atoms with van der Waals surface area (Å²) in [4.78, 5) is 14.1. The molecule has 0 N–H and O–H groups in total. The molecule has 0 spiro atoms. The van der Waals surface area contributed by atoms with Crippen LogP contribution in [0.2, 0.25) is 0 Å². The maximum atomic E-state index is 4.94. The van der Waals surface area contributed by atoms with Crippen LogP contribution in [0.4, 0.5) is 0 Å². The summed E-state index contributed by atoms with van der Waals surface area (Å²) in [6.45, 7) is 6.54. The SMILES string of the molecule is CC(C)(C)c1nc2ccccc2nc1-c1ccc(-c2cccnc2)cc1. The Balaban J connectivity index is 1.85. The number of benzene rings is 2. The highest BCUT2D eigenvalue weighted by atomic mass is 14.8. The van der Waals surface area contributed by atoms with Crippen LogP contribution in [0.3, 0.4) is 0 Å². The summed E-state index contributed by atoms with van der Waals surface area (Å²) >= 11 is 0. The minimum atomic E-state index is -0.0889. The first-order valence-corrected chi connectivity index (χ1v) is 8.80. The first-order valence-electron chi connectivity index (χ1n) is 8.80. The quantitative estimate of drug-likeness (QED) is 0.473. The number of hydrogen-bond acceptors (Lipinski definition) is 3. The summed E-state index contributed by atoms with van der Waals surface area (Å²) < 4.78 is 0. The van der Waals surface area contributed by atoms with Crippen LogP contribution in [0.15, 0.2) is 73.1 Å². The Bertz CT molecular complexity index is 1050. The number of hydrogen-bond donors (Lipinski definition) is 0. The molecule has 2 aromatic carbocycles. The Morgan fingerprint density at radius 3 is 1.92 bits per heavy atom. The van der Waals surface area contributed by atoms with Crippen molar-refractivity contribution in [1.82, 2.24) is 15.0 Å². The van der Waals surface area contributed by atoms with Gasteiger partial charge in [-0.05, 0) is 29.3 Å². The topological polar surface area (TPSA) is 38.7 Å². The third-order valence-corrected chi connectivity index (χ3v) is 4.43. The zero-order chi connectivity index (χ0) is 18.1. The molecule has 0 amide bonds. The van der Waals surface area contributed by atoms with Crippen molar-refractivity contribution in [1.29, 1.82) is 0 Å². The number of para-hydroxylation sites is 2. The van der Waals surface area contributed by atoms with Crippen LogP contribution in [-0.4, -0.2) is 15.0 Å². The van der Waals surface area contributed by atoms with Crippen LogP contribution >= 0.6 is 0 Å². The molecule has 128 valence electrons. The third-order valence-electron chi connectivity index (χ3n) is 4.43. The zero-order valence-corrected chi connectivity index (χ0v) is 15.3. The lowest BCUT2D eigenvalue weighted by molar-refractivity contribution is 0.571. The molecule has 4 aromatic rings. The average molecular weight is 339 g/mol. The Labute approximate surface area is 153 Å². The Morgan fingerprint density at radius 1 is 0.654 bits per heavy atom. The van der Waals surface area contributed by atoms with E-state index in [9.17, 15) is 0 Å². The van der Waals surface area contributed by atoms with Crippen molar-refractivity contribution in [2.75, 3.05) is 0 Å². The zero-order valence-electron chi connectivity index (χ0n) is 15.3. The van der Waals surface area contributed by atoms with Crippen molar-refractivity contribution in [3.05, 3.63) is 78.8 Å². The fraction of sp³-hybridized carbons (Fsp3) is 0.174. The van der Waals surface area contributed by atoms with Crippen LogP contribution < -0.4 is 0 Å². The van der Waals surface area contributed by atoms with Gasteiger partial charge in [-0.15, -0.1) is 0 Å². The summed E-state index contributed by atoms with van der Waals surface area (Å²) in [5.74, 6) is 0. The van der Waals surface area contributed by atoms with Gasteiger partial charge in [-0.25, -0.2) is 9.97 Å². The molecule has 0 bridgehead atoms. The highest BCUT2D eigenvalue weighted by molar-refractivity contribution is 5.79. The molecule has 26 heavy (non-hydrogen) atoms. The van der Waals surface area contributed by atoms with Crippen LogP contribution in [0, 0.1) is 0 Å². The van der Waals surface area contributed by atoms with Crippen LogP contribution in [0.5, 0.6) is 0 Å². The fourth-order valence-electron chi connectivity index (χ4n) is 3.08. The van der Waals surface area contributed by atoms with Crippen molar-refractivity contribution in [2.24, 2.45) is 0 Å². The second kappa shape index (κ2) is 6.34. The molecule has 0 saturated carbocycles. The molecular formula is C23H21N3. The molecule has 4 rings (SSSR count). The van der Waals surface area contributed by atoms with Gasteiger partial charge in [0.05, 0.1) is 22.4 Å². The normalized spacial score (nSPS) is 11.7. The van der Waals surface area contributed by atoms with Gasteiger partial charge in [-0.2, -0.15) is 0 Å². The van der Waals surface area contributed by atoms with E-state index in [2.05, 4.69) is 56.1 Å². The van der Waals surface area contributed by atoms with Crippen molar-refractivity contribution in [2.45, 2.75) is 26.2 Å². The predicted octanol–water partition coefficient (Wildman–Crippen LogP) is 5.66. The highest BCUT2D eigenvalue weighted by Gasteiger charge is 2.22. The third kappa shape index (κ3) is 3.08. The first kappa shape index (κ1) is 16.4. The Hall–Kier alpha value is -3.07. The first-order chi connectivity index (χ1) is 12.5. The lowest BCUT2D eigenvalue weighted by atomic mass is 9.88. The van der Waals surface area contributed by atoms with Crippen LogP contribution in [-0.2, 0) is 5.41 Å². The summed E-state index contributed by atoms with van der Waals surface area (Å²) in [5, 5.41) is 0. The summed E-state index contributed by atoms with van der Waals surface area (Å²) in [6.07, 6.45) is 3.67. The van der Waals surface area contributed by atoms with E-state index >= 15 is 0 Å². The number of rotatable bonds is 2. The Morgan fingerprint density at radius 2 is 1.31 bits per heavy atom. The molecule has 0 atom stereocenters. The molecule has 2 aromatic heterocycles. The molecule has 3 nitrogen and oxygen atoms in total. The molecule has 0 fully saturated rings. The second-order valence-corrected chi connectivity index (χ2v) is 7.48. The second-order valence-electron chi connectivity index (χ2n) is 7.48. The molecule has 0 aliphatic heterocycles. The van der Waals surface area contributed by atoms with Gasteiger partial charge in [0.1, 0.15) is 0 Å². The van der Waals surface area contributed by atoms with E-state index in [-0.39, 0.29) is 5.41 Å². The number of aromatic nitrogens is 3. The van der Waals surface area contributed by atoms with Crippen LogP contribution in [0.25, 0.3) is 33.4 Å². The van der Waals surface area contributed by atoms with Gasteiger partial charge in [0.15, 0.2) is 0 Å². The van der Waals surface area contributed by atoms with Crippen molar-refractivity contribution < 1.29 is 0 Å². The predicted molar refractivity (Wildman–Crippen MR) is 107 cm³/mol. The van der Waals surface area contributed by atoms with Crippen molar-refractivity contribution >= 4 is 11.0 Å². The lowest BCUT2D eigenvalue weighted by Gasteiger charge is -2.21. The van der Waals surface area contributed by atoms with Gasteiger partial charge < -0.3 is 0 Å². The van der Waals surface area contributed by atoms with Crippen molar-refractivity contribution in [3.8, 4) is 22.4 Å². The molecule has 0 radical (unpaired) electrons. The minimum absolute atomic E-state index is 0.0889. The molecule has 2 heterocycles. The van der Waals surface area contributed by atoms with Crippen LogP contribution in [0.1, 0.15) is 26.5 Å². The largest absolute Gasteiger partial charge is 0.264 e. The van der Waals surface area contributed by atoms with E-state index in [1.807, 2.05) is 36.5 Å². The fourth-order valence-corrected chi connectivity index (χ4v) is 3.08. The van der Waals surface area contributed by atoms with E-state index in [1.54, 1.807) is 6.20 Å². The highest BCUT2D eigenvalue weighted by Crippen LogP contribution is 2.32. The van der Waals surface area contributed by atoms with Gasteiger partial charge in [-0.3, -0.25) is 4.98 Å². The number of pyridine rings is 1. The monoisotopic (exact) mass is 339 g/mol. The van der Waals surface area contributed by atoms with Gasteiger partial charge in [0, 0.05) is 23.4 Å². The molecule has 0 aliphatic carbocycles. The smallest absolute Gasteiger partial charge is 0.0930 e. The number of nitrogens with zero attached hydrogens (tertiary/aromatic N) is 3. The van der Waals surface area contributed by atoms with E-state index in [0.717, 1.165) is 39.1 Å². The van der Waals surface area contributed by atoms with Gasteiger partial charge in [-0.1, -0.05) is 63.2 Å². The summed E-state index contributed by atoms with van der Waals surface area (Å²) in [7, 11) is 0. The molecule has 0 aliphatic rings. The molecular weight excluding hydrogens is 318 g/mol.